The molecular weight excluding hydrogens is 556 g/mol. The van der Waals surface area contributed by atoms with E-state index < -0.39 is 29.8 Å². The van der Waals surface area contributed by atoms with Gasteiger partial charge >= 0.3 is 29.8 Å². The third-order valence-corrected chi connectivity index (χ3v) is 11.8. The van der Waals surface area contributed by atoms with Gasteiger partial charge in [0.2, 0.25) is 0 Å². The molecule has 0 fully saturated rings. The van der Waals surface area contributed by atoms with Crippen molar-refractivity contribution in [1.82, 2.24) is 10.6 Å². The molecular formula is C26H52N2O10Si2. The smallest absolute Gasteiger partial charge is 0.445 e. The van der Waals surface area contributed by atoms with Crippen molar-refractivity contribution in [3.8, 4) is 0 Å². The van der Waals surface area contributed by atoms with Gasteiger partial charge in [-0.3, -0.25) is 0 Å². The molecule has 0 aromatic heterocycles. The van der Waals surface area contributed by atoms with E-state index in [4.69, 9.17) is 36.0 Å². The second-order valence-corrected chi connectivity index (χ2v) is 15.0. The van der Waals surface area contributed by atoms with Gasteiger partial charge in [-0.25, -0.2) is 9.59 Å². The van der Waals surface area contributed by atoms with Gasteiger partial charge in [0.25, 0.3) is 0 Å². The molecule has 0 heterocycles. The summed E-state index contributed by atoms with van der Waals surface area (Å²) in [7, 11) is 4.21. The van der Waals surface area contributed by atoms with Crippen LogP contribution in [0.3, 0.4) is 0 Å². The second kappa shape index (κ2) is 25.0. The lowest BCUT2D eigenvalue weighted by molar-refractivity contribution is 0.122. The number of alkyl carbamates (subject to hydrolysis) is 2. The van der Waals surface area contributed by atoms with Gasteiger partial charge in [0.15, 0.2) is 0 Å². The number of ether oxygens (including phenoxy) is 2. The Hall–Kier alpha value is -1.79. The molecule has 14 heteroatoms. The standard InChI is InChI=1S/C26H52N2O10Si2/c1-31-39(32-2,33-3)23-17-19-27-25(29)37-21-15-13-11-9-7-8-10-12-14-16-22-38-26(30)28-20-18-24-40(34-4,35-5)36-6/h13-16H,7-12,17-24H2,1-6H3,(H,27,29)(H,28,30)/b15-13+,16-14+. The number of allylic oxidation sites excluding steroid dienone is 2. The van der Waals surface area contributed by atoms with Crippen molar-refractivity contribution in [3.63, 3.8) is 0 Å². The number of carbonyl (C=O) groups is 2. The Bertz CT molecular complexity index is 630. The van der Waals surface area contributed by atoms with Crippen LogP contribution in [0.4, 0.5) is 9.59 Å². The molecule has 2 amide bonds. The molecule has 0 aromatic carbocycles. The Balaban J connectivity index is 3.62. The van der Waals surface area contributed by atoms with E-state index in [1.807, 2.05) is 24.3 Å². The molecule has 0 radical (unpaired) electrons. The minimum Gasteiger partial charge on any atom is -0.445 e. The topological polar surface area (TPSA) is 132 Å². The van der Waals surface area contributed by atoms with Crippen LogP contribution < -0.4 is 10.6 Å². The summed E-state index contributed by atoms with van der Waals surface area (Å²) in [6.45, 7) is 1.43. The summed E-state index contributed by atoms with van der Waals surface area (Å²) in [6, 6.07) is 1.23. The van der Waals surface area contributed by atoms with Gasteiger partial charge < -0.3 is 46.7 Å². The van der Waals surface area contributed by atoms with Gasteiger partial charge in [-0.05, 0) is 38.5 Å². The number of hydrogen-bond acceptors (Lipinski definition) is 10. The third kappa shape index (κ3) is 18.5. The lowest BCUT2D eigenvalue weighted by Crippen LogP contribution is -2.43. The van der Waals surface area contributed by atoms with Crippen LogP contribution >= 0.6 is 0 Å². The van der Waals surface area contributed by atoms with Crippen LogP contribution in [0.15, 0.2) is 24.3 Å². The summed E-state index contributed by atoms with van der Waals surface area (Å²) in [6.07, 6.45) is 14.6. The van der Waals surface area contributed by atoms with Crippen LogP contribution in [0.5, 0.6) is 0 Å². The monoisotopic (exact) mass is 608 g/mol. The minimum atomic E-state index is -2.60. The third-order valence-electron chi connectivity index (χ3n) is 6.17. The number of unbranched alkanes of at least 4 members (excludes halogenated alkanes) is 5. The molecule has 0 rings (SSSR count). The maximum Gasteiger partial charge on any atom is 0.500 e. The zero-order valence-corrected chi connectivity index (χ0v) is 27.3. The highest BCUT2D eigenvalue weighted by molar-refractivity contribution is 6.60. The van der Waals surface area contributed by atoms with Gasteiger partial charge in [-0.15, -0.1) is 0 Å². The van der Waals surface area contributed by atoms with Crippen molar-refractivity contribution in [2.24, 2.45) is 0 Å². The van der Waals surface area contributed by atoms with Crippen molar-refractivity contribution >= 4 is 29.8 Å². The molecule has 0 spiro atoms. The fourth-order valence-corrected chi connectivity index (χ4v) is 7.15. The van der Waals surface area contributed by atoms with Crippen LogP contribution in [-0.2, 0) is 36.0 Å². The van der Waals surface area contributed by atoms with Gasteiger partial charge in [-0.1, -0.05) is 37.1 Å². The number of nitrogens with one attached hydrogen (secondary N) is 2. The van der Waals surface area contributed by atoms with E-state index in [-0.39, 0.29) is 13.2 Å². The van der Waals surface area contributed by atoms with Crippen molar-refractivity contribution in [2.75, 3.05) is 69.0 Å². The predicted octanol–water partition coefficient (Wildman–Crippen LogP) is 4.43. The molecule has 0 aliphatic rings. The second-order valence-electron chi connectivity index (χ2n) is 8.78. The minimum absolute atomic E-state index is 0.251. The highest BCUT2D eigenvalue weighted by Gasteiger charge is 2.37. The maximum atomic E-state index is 11.7. The molecule has 0 saturated heterocycles. The van der Waals surface area contributed by atoms with E-state index in [9.17, 15) is 9.59 Å². The van der Waals surface area contributed by atoms with E-state index in [0.717, 1.165) is 38.5 Å². The molecule has 0 saturated carbocycles. The van der Waals surface area contributed by atoms with Crippen molar-refractivity contribution < 1.29 is 45.6 Å². The lowest BCUT2D eigenvalue weighted by Gasteiger charge is -2.24. The van der Waals surface area contributed by atoms with Gasteiger partial charge in [0, 0.05) is 67.8 Å². The van der Waals surface area contributed by atoms with Crippen LogP contribution in [0.2, 0.25) is 12.1 Å². The average Bonchev–Trinajstić information content (AvgIpc) is 2.98. The first-order chi connectivity index (χ1) is 19.4. The molecule has 0 aromatic rings. The van der Waals surface area contributed by atoms with Crippen LogP contribution in [0.25, 0.3) is 0 Å². The number of hydrogen-bond donors (Lipinski definition) is 2. The van der Waals surface area contributed by atoms with Crippen molar-refractivity contribution in [2.45, 2.75) is 63.5 Å². The summed E-state index contributed by atoms with van der Waals surface area (Å²) in [4.78, 5) is 23.5. The number of carbonyl (C=O) groups excluding carboxylic acids is 2. The summed E-state index contributed by atoms with van der Waals surface area (Å²) < 4.78 is 42.3. The van der Waals surface area contributed by atoms with E-state index in [1.165, 1.54) is 0 Å². The molecule has 2 N–H and O–H groups in total. The molecule has 0 bridgehead atoms. The zero-order chi connectivity index (χ0) is 30.0. The highest BCUT2D eigenvalue weighted by Crippen LogP contribution is 2.15. The largest absolute Gasteiger partial charge is 0.500 e. The van der Waals surface area contributed by atoms with E-state index in [2.05, 4.69) is 10.6 Å². The first kappa shape index (κ1) is 38.2. The number of amides is 2. The Kier molecular flexibility index (Phi) is 23.9. The highest BCUT2D eigenvalue weighted by atomic mass is 28.4. The van der Waals surface area contributed by atoms with E-state index in [1.54, 1.807) is 42.7 Å². The molecule has 0 aliphatic carbocycles. The molecule has 0 aliphatic heterocycles. The Morgan fingerprint density at radius 2 is 0.875 bits per heavy atom. The Morgan fingerprint density at radius 1 is 0.525 bits per heavy atom. The van der Waals surface area contributed by atoms with Gasteiger partial charge in [-0.2, -0.15) is 0 Å². The van der Waals surface area contributed by atoms with Crippen molar-refractivity contribution in [1.29, 1.82) is 0 Å². The SMILES string of the molecule is CO[Si](CCCNC(=O)OC/C=C/CCCCCC/C=C/COC(=O)NCCC[Si](OC)(OC)OC)(OC)OC. The first-order valence-corrected chi connectivity index (χ1v) is 17.6. The quantitative estimate of drug-likeness (QED) is 0.0872. The van der Waals surface area contributed by atoms with Crippen molar-refractivity contribution in [3.05, 3.63) is 24.3 Å². The van der Waals surface area contributed by atoms with Crippen LogP contribution in [0, 0.1) is 0 Å². The molecule has 234 valence electrons. The first-order valence-electron chi connectivity index (χ1n) is 13.8. The fourth-order valence-electron chi connectivity index (χ4n) is 3.70. The van der Waals surface area contributed by atoms with Crippen LogP contribution in [0.1, 0.15) is 51.4 Å². The number of rotatable bonds is 25. The average molecular weight is 609 g/mol. The Labute approximate surface area is 242 Å². The normalized spacial score (nSPS) is 12.2. The van der Waals surface area contributed by atoms with E-state index >= 15 is 0 Å². The molecule has 40 heavy (non-hydrogen) atoms. The van der Waals surface area contributed by atoms with Crippen LogP contribution in [-0.4, -0.2) is 98.8 Å². The fraction of sp³-hybridized carbons (Fsp3) is 0.769. The Morgan fingerprint density at radius 3 is 1.20 bits per heavy atom. The summed E-state index contributed by atoms with van der Waals surface area (Å²) in [5, 5.41) is 5.43. The lowest BCUT2D eigenvalue weighted by atomic mass is 10.1. The zero-order valence-electron chi connectivity index (χ0n) is 25.3. The molecule has 12 nitrogen and oxygen atoms in total. The molecule has 0 atom stereocenters. The van der Waals surface area contributed by atoms with E-state index in [0.29, 0.717) is 38.0 Å². The maximum absolute atomic E-state index is 11.7. The summed E-state index contributed by atoms with van der Waals surface area (Å²) in [5.41, 5.74) is 0. The summed E-state index contributed by atoms with van der Waals surface area (Å²) >= 11 is 0. The molecule has 0 unspecified atom stereocenters. The summed E-state index contributed by atoms with van der Waals surface area (Å²) in [5.74, 6) is 0. The predicted molar refractivity (Wildman–Crippen MR) is 157 cm³/mol. The van der Waals surface area contributed by atoms with Gasteiger partial charge in [0.05, 0.1) is 0 Å². The van der Waals surface area contributed by atoms with Gasteiger partial charge in [0.1, 0.15) is 13.2 Å².